The van der Waals surface area contributed by atoms with Gasteiger partial charge in [-0.1, -0.05) is 0 Å². The third-order valence-electron chi connectivity index (χ3n) is 3.04. The minimum absolute atomic E-state index is 0.0371. The number of nitrogens with two attached hydrogens (primary N) is 1. The fourth-order valence-corrected chi connectivity index (χ4v) is 2.63. The Morgan fingerprint density at radius 2 is 2.33 bits per heavy atom. The molecule has 0 bridgehead atoms. The smallest absolute Gasteiger partial charge is 0.351 e. The SMILES string of the molecule is C[C@H](O)[C@H]1O[C@@H](n2ccc(N)nc2=O)[C@@H](F)C1O[PH](=O)O. The Labute approximate surface area is 119 Å². The summed E-state index contributed by atoms with van der Waals surface area (Å²) in [5.74, 6) is -0.0371. The summed E-state index contributed by atoms with van der Waals surface area (Å²) in [6, 6.07) is 1.28. The van der Waals surface area contributed by atoms with Gasteiger partial charge in [-0.3, -0.25) is 9.13 Å². The molecule has 6 atom stereocenters. The van der Waals surface area contributed by atoms with Gasteiger partial charge >= 0.3 is 13.9 Å². The van der Waals surface area contributed by atoms with Crippen molar-refractivity contribution in [3.63, 3.8) is 0 Å². The molecule has 2 unspecified atom stereocenters. The normalized spacial score (nSPS) is 32.0. The van der Waals surface area contributed by atoms with Crippen molar-refractivity contribution >= 4 is 14.1 Å². The predicted octanol–water partition coefficient (Wildman–Crippen LogP) is -0.791. The monoisotopic (exact) mass is 323 g/mol. The largest absolute Gasteiger partial charge is 0.391 e. The molecule has 0 saturated carbocycles. The topological polar surface area (TPSA) is 137 Å². The molecule has 9 nitrogen and oxygen atoms in total. The molecule has 1 fully saturated rings. The van der Waals surface area contributed by atoms with Gasteiger partial charge in [-0.15, -0.1) is 0 Å². The number of hydrogen-bond acceptors (Lipinski definition) is 7. The number of hydrogen-bond donors (Lipinski definition) is 3. The van der Waals surface area contributed by atoms with Gasteiger partial charge < -0.3 is 25.0 Å². The fourth-order valence-electron chi connectivity index (χ4n) is 2.13. The van der Waals surface area contributed by atoms with Crippen LogP contribution in [0.2, 0.25) is 0 Å². The molecule has 1 aliphatic rings. The number of anilines is 1. The lowest BCUT2D eigenvalue weighted by Crippen LogP contribution is -2.37. The van der Waals surface area contributed by atoms with Crippen LogP contribution in [0.25, 0.3) is 0 Å². The summed E-state index contributed by atoms with van der Waals surface area (Å²) >= 11 is 0. The highest BCUT2D eigenvalue weighted by molar-refractivity contribution is 7.32. The average molecular weight is 323 g/mol. The first-order valence-corrected chi connectivity index (χ1v) is 7.29. The number of ether oxygens (including phenoxy) is 1. The van der Waals surface area contributed by atoms with E-state index in [1.165, 1.54) is 19.2 Å². The third-order valence-corrected chi connectivity index (χ3v) is 3.52. The second-order valence-corrected chi connectivity index (χ2v) is 5.33. The van der Waals surface area contributed by atoms with Crippen LogP contribution in [0.15, 0.2) is 17.1 Å². The zero-order chi connectivity index (χ0) is 15.7. The molecule has 2 heterocycles. The van der Waals surface area contributed by atoms with Crippen LogP contribution in [0.5, 0.6) is 0 Å². The van der Waals surface area contributed by atoms with E-state index >= 15 is 0 Å². The molecule has 1 saturated heterocycles. The van der Waals surface area contributed by atoms with Crippen LogP contribution in [-0.4, -0.2) is 44.0 Å². The van der Waals surface area contributed by atoms with Gasteiger partial charge in [0, 0.05) is 6.20 Å². The quantitative estimate of drug-likeness (QED) is 0.613. The lowest BCUT2D eigenvalue weighted by atomic mass is 10.1. The molecular formula is C10H15FN3O6P. The van der Waals surface area contributed by atoms with Crippen molar-refractivity contribution in [2.75, 3.05) is 5.73 Å². The molecule has 0 spiro atoms. The lowest BCUT2D eigenvalue weighted by molar-refractivity contribution is -0.0756. The summed E-state index contributed by atoms with van der Waals surface area (Å²) in [6.45, 7) is 1.31. The molecule has 1 aromatic heterocycles. The summed E-state index contributed by atoms with van der Waals surface area (Å²) in [5, 5.41) is 9.56. The van der Waals surface area contributed by atoms with E-state index in [0.29, 0.717) is 0 Å². The number of aromatic nitrogens is 2. The van der Waals surface area contributed by atoms with Crippen LogP contribution in [0.3, 0.4) is 0 Å². The van der Waals surface area contributed by atoms with E-state index in [2.05, 4.69) is 9.51 Å². The molecule has 4 N–H and O–H groups in total. The summed E-state index contributed by atoms with van der Waals surface area (Å²) in [5.41, 5.74) is 4.49. The number of nitrogen functional groups attached to an aromatic ring is 1. The highest BCUT2D eigenvalue weighted by Gasteiger charge is 2.49. The van der Waals surface area contributed by atoms with Crippen LogP contribution in [0, 0.1) is 0 Å². The Kier molecular flexibility index (Phi) is 4.74. The Morgan fingerprint density at radius 1 is 1.67 bits per heavy atom. The molecular weight excluding hydrogens is 308 g/mol. The number of rotatable bonds is 4. The van der Waals surface area contributed by atoms with Crippen molar-refractivity contribution in [1.82, 2.24) is 9.55 Å². The molecule has 118 valence electrons. The zero-order valence-corrected chi connectivity index (χ0v) is 11.9. The molecule has 21 heavy (non-hydrogen) atoms. The van der Waals surface area contributed by atoms with Crippen molar-refractivity contribution in [2.24, 2.45) is 0 Å². The molecule has 0 aromatic carbocycles. The van der Waals surface area contributed by atoms with E-state index < -0.39 is 44.7 Å². The Bertz CT molecular complexity index is 596. The molecule has 11 heteroatoms. The Morgan fingerprint density at radius 3 is 2.86 bits per heavy atom. The average Bonchev–Trinajstić information content (AvgIpc) is 2.67. The summed E-state index contributed by atoms with van der Waals surface area (Å²) in [7, 11) is -3.44. The zero-order valence-electron chi connectivity index (χ0n) is 10.9. The van der Waals surface area contributed by atoms with Gasteiger partial charge in [-0.05, 0) is 13.0 Å². The third kappa shape index (κ3) is 3.30. The van der Waals surface area contributed by atoms with Crippen molar-refractivity contribution in [1.29, 1.82) is 0 Å². The van der Waals surface area contributed by atoms with Crippen molar-refractivity contribution in [3.05, 3.63) is 22.7 Å². The fraction of sp³-hybridized carbons (Fsp3) is 0.600. The van der Waals surface area contributed by atoms with Crippen molar-refractivity contribution in [2.45, 2.75) is 37.6 Å². The molecule has 0 amide bonds. The Hall–Kier alpha value is -1.32. The van der Waals surface area contributed by atoms with Crippen molar-refractivity contribution < 1.29 is 28.2 Å². The van der Waals surface area contributed by atoms with Gasteiger partial charge in [-0.25, -0.2) is 9.18 Å². The summed E-state index contributed by atoms with van der Waals surface area (Å²) < 4.78 is 35.9. The molecule has 1 aromatic rings. The van der Waals surface area contributed by atoms with E-state index in [1.807, 2.05) is 0 Å². The van der Waals surface area contributed by atoms with Gasteiger partial charge in [0.1, 0.15) is 18.0 Å². The van der Waals surface area contributed by atoms with Crippen LogP contribution in [0.1, 0.15) is 13.2 Å². The molecule has 0 radical (unpaired) electrons. The first kappa shape index (κ1) is 16.1. The first-order chi connectivity index (χ1) is 9.81. The maximum Gasteiger partial charge on any atom is 0.351 e. The summed E-state index contributed by atoms with van der Waals surface area (Å²) in [6.07, 6.45) is -6.03. The van der Waals surface area contributed by atoms with E-state index in [9.17, 15) is 18.9 Å². The highest BCUT2D eigenvalue weighted by atomic mass is 31.1. The van der Waals surface area contributed by atoms with Crippen molar-refractivity contribution in [3.8, 4) is 0 Å². The number of alkyl halides is 1. The lowest BCUT2D eigenvalue weighted by Gasteiger charge is -2.19. The molecule has 2 rings (SSSR count). The number of aliphatic hydroxyl groups is 1. The maximum absolute atomic E-state index is 14.4. The van der Waals surface area contributed by atoms with E-state index in [1.54, 1.807) is 0 Å². The van der Waals surface area contributed by atoms with E-state index in [4.69, 9.17) is 15.4 Å². The minimum Gasteiger partial charge on any atom is -0.391 e. The summed E-state index contributed by atoms with van der Waals surface area (Å²) in [4.78, 5) is 23.9. The van der Waals surface area contributed by atoms with E-state index in [-0.39, 0.29) is 5.82 Å². The second kappa shape index (κ2) is 6.20. The second-order valence-electron chi connectivity index (χ2n) is 4.57. The van der Waals surface area contributed by atoms with E-state index in [0.717, 1.165) is 4.57 Å². The van der Waals surface area contributed by atoms with Gasteiger partial charge in [-0.2, -0.15) is 4.98 Å². The first-order valence-electron chi connectivity index (χ1n) is 6.03. The number of halogens is 1. The molecule has 1 aliphatic heterocycles. The van der Waals surface area contributed by atoms with Gasteiger partial charge in [0.2, 0.25) is 0 Å². The van der Waals surface area contributed by atoms with Crippen LogP contribution < -0.4 is 11.4 Å². The molecule has 0 aliphatic carbocycles. The van der Waals surface area contributed by atoms with Crippen LogP contribution in [0.4, 0.5) is 10.2 Å². The maximum atomic E-state index is 14.4. The highest BCUT2D eigenvalue weighted by Crippen LogP contribution is 2.38. The number of nitrogens with zero attached hydrogens (tertiary/aromatic N) is 2. The number of aliphatic hydroxyl groups excluding tert-OH is 1. The van der Waals surface area contributed by atoms with Crippen LogP contribution >= 0.6 is 8.25 Å². The Balaban J connectivity index is 2.33. The van der Waals surface area contributed by atoms with Crippen LogP contribution in [-0.2, 0) is 13.8 Å². The minimum atomic E-state index is -3.44. The van der Waals surface area contributed by atoms with Gasteiger partial charge in [0.05, 0.1) is 6.10 Å². The van der Waals surface area contributed by atoms with Gasteiger partial charge in [0.25, 0.3) is 0 Å². The predicted molar refractivity (Wildman–Crippen MR) is 69.5 cm³/mol. The standard InChI is InChI=1S/C10H15FN3O6P/c1-4(15)7-8(20-21(17)18)6(11)9(19-7)14-3-2-5(12)13-10(14)16/h2-4,6-9,15,21H,1H3,(H,17,18)(H2,12,13,16)/t4-,6-,7+,8?,9+/m0/s1. The van der Waals surface area contributed by atoms with Gasteiger partial charge in [0.15, 0.2) is 12.4 Å².